The van der Waals surface area contributed by atoms with Crippen LogP contribution in [0.1, 0.15) is 151 Å². The van der Waals surface area contributed by atoms with Crippen LogP contribution in [0, 0.1) is 16.2 Å². The molecule has 3 saturated heterocycles. The number of hydrogen-bond donors (Lipinski definition) is 1. The number of para-hydroxylation sites is 3. The molecule has 6 atom stereocenters. The van der Waals surface area contributed by atoms with E-state index < -0.39 is 5.91 Å². The molecule has 0 radical (unpaired) electrons. The predicted molar refractivity (Wildman–Crippen MR) is 390 cm³/mol. The minimum atomic E-state index is -0.583. The van der Waals surface area contributed by atoms with Gasteiger partial charge in [0.2, 0.25) is 5.91 Å². The number of aromatic nitrogens is 3. The highest BCUT2D eigenvalue weighted by molar-refractivity contribution is 7.81. The molecule has 3 aromatic carbocycles. The van der Waals surface area contributed by atoms with Crippen molar-refractivity contribution in [2.24, 2.45) is 32.0 Å². The predicted octanol–water partition coefficient (Wildman–Crippen LogP) is 14.2. The second kappa shape index (κ2) is 25.5. The fourth-order valence-corrected chi connectivity index (χ4v) is 18.1. The molecule has 2 N–H and O–H groups in total. The first-order valence-corrected chi connectivity index (χ1v) is 34.8. The lowest BCUT2D eigenvalue weighted by Crippen LogP contribution is -2.51. The van der Waals surface area contributed by atoms with Crippen molar-refractivity contribution in [3.8, 4) is 0 Å². The molecule has 3 aromatic heterocycles. The maximum absolute atomic E-state index is 6.20. The lowest BCUT2D eigenvalue weighted by Gasteiger charge is -2.53. The summed E-state index contributed by atoms with van der Waals surface area (Å²) in [5.74, 6) is 1.30. The lowest BCUT2D eigenvalue weighted by atomic mass is 9.66. The molecule has 91 heavy (non-hydrogen) atoms. The summed E-state index contributed by atoms with van der Waals surface area (Å²) in [6.07, 6.45) is 21.7. The van der Waals surface area contributed by atoms with Gasteiger partial charge in [-0.3, -0.25) is 19.6 Å². The number of nitrogens with zero attached hydrogens (tertiary/aromatic N) is 11. The third-order valence-corrected chi connectivity index (χ3v) is 23.6. The number of nitrogens with two attached hydrogens (primary N) is 1. The quantitative estimate of drug-likeness (QED) is 0.0645. The zero-order valence-corrected chi connectivity index (χ0v) is 59.1. The van der Waals surface area contributed by atoms with Crippen molar-refractivity contribution in [2.45, 2.75) is 143 Å². The van der Waals surface area contributed by atoms with Crippen LogP contribution in [0.2, 0.25) is 0 Å². The van der Waals surface area contributed by atoms with E-state index in [0.29, 0.717) is 33.1 Å². The normalized spacial score (nSPS) is 25.5. The van der Waals surface area contributed by atoms with Gasteiger partial charge in [0.05, 0.1) is 51.8 Å². The van der Waals surface area contributed by atoms with E-state index in [1.165, 1.54) is 144 Å². The van der Waals surface area contributed by atoms with Crippen LogP contribution in [0.5, 0.6) is 0 Å². The van der Waals surface area contributed by atoms with E-state index in [4.69, 9.17) is 61.8 Å². The number of aliphatic imine (C=N–C) groups is 2. The summed E-state index contributed by atoms with van der Waals surface area (Å²) in [4.78, 5) is 25.7. The molecule has 12 heterocycles. The topological polar surface area (TPSA) is 103 Å². The summed E-state index contributed by atoms with van der Waals surface area (Å²) in [6, 6.07) is 27.8. The van der Waals surface area contributed by atoms with Crippen LogP contribution in [0.25, 0.3) is 49.8 Å². The Morgan fingerprint density at radius 2 is 0.824 bits per heavy atom. The number of fused-ring (bicyclic) bond motifs is 9. The fourth-order valence-electron chi connectivity index (χ4n) is 17.4. The number of methoxy groups -OCH3 is 2. The van der Waals surface area contributed by atoms with Crippen molar-refractivity contribution >= 4 is 113 Å². The van der Waals surface area contributed by atoms with E-state index in [1.807, 2.05) is 77.8 Å². The van der Waals surface area contributed by atoms with E-state index in [9.17, 15) is 0 Å². The van der Waals surface area contributed by atoms with Crippen LogP contribution in [-0.4, -0.2) is 171 Å². The number of thiocarbonyl (C=S) groups is 3. The summed E-state index contributed by atoms with van der Waals surface area (Å²) in [7, 11) is 15.1. The summed E-state index contributed by atoms with van der Waals surface area (Å²) < 4.78 is 17.4. The summed E-state index contributed by atoms with van der Waals surface area (Å²) in [6.45, 7) is 20.1. The SMILES string of the molecule is CC[C@@]12C=C(C(=S)N=C(C)N(C)C)n3c4c(c5ccccc53)CCN(CCC1)[C@H]42.CC[C@@]12C=C(C(=S)N=C(C)N(C)C)n3c4c(c5ccccc53)CCN(CCC1)[C@H]42.CC[C@@]12C=C(C(N)=S)n3c4c(c5ccccc53)CCN(CCC1)[C@H]42.COC(C)(OC)N(C)C. The fraction of sp³-hybridized carbons (Fsp3) is 0.527. The summed E-state index contributed by atoms with van der Waals surface area (Å²) in [5, 5.41) is 4.16. The molecule has 15 rings (SSSR count). The number of piperidine rings is 3. The first-order chi connectivity index (χ1) is 43.7. The Morgan fingerprint density at radius 1 is 0.516 bits per heavy atom. The van der Waals surface area contributed by atoms with Gasteiger partial charge in [0.1, 0.15) is 16.7 Å². The number of hydrogen-bond acceptors (Lipinski definition) is 9. The van der Waals surface area contributed by atoms with Gasteiger partial charge in [0.15, 0.2) is 9.98 Å². The number of rotatable bonds is 9. The molecule has 484 valence electrons. The van der Waals surface area contributed by atoms with Crippen molar-refractivity contribution < 1.29 is 9.47 Å². The first-order valence-electron chi connectivity index (χ1n) is 33.6. The maximum atomic E-state index is 6.20. The van der Waals surface area contributed by atoms with Gasteiger partial charge in [-0.15, -0.1) is 0 Å². The number of benzene rings is 3. The Kier molecular flexibility index (Phi) is 18.3. The van der Waals surface area contributed by atoms with Crippen LogP contribution < -0.4 is 5.73 Å². The van der Waals surface area contributed by atoms with E-state index in [2.05, 4.69) is 140 Å². The highest BCUT2D eigenvalue weighted by Gasteiger charge is 2.54. The summed E-state index contributed by atoms with van der Waals surface area (Å²) in [5.41, 5.74) is 22.8. The van der Waals surface area contributed by atoms with Gasteiger partial charge in [-0.2, -0.15) is 0 Å². The molecule has 0 saturated carbocycles. The molecule has 9 aliphatic rings. The van der Waals surface area contributed by atoms with Gasteiger partial charge in [0.25, 0.3) is 0 Å². The third kappa shape index (κ3) is 10.9. The average Bonchev–Trinajstić information content (AvgIpc) is 1.63. The van der Waals surface area contributed by atoms with Crippen LogP contribution in [0.3, 0.4) is 0 Å². The monoisotopic (exact) mass is 1280 g/mol. The molecule has 0 bridgehead atoms. The van der Waals surface area contributed by atoms with Gasteiger partial charge < -0.3 is 38.7 Å². The van der Waals surface area contributed by atoms with Crippen LogP contribution in [-0.2, 0) is 28.7 Å². The molecule has 14 nitrogen and oxygen atoms in total. The smallest absolute Gasteiger partial charge is 0.225 e. The van der Waals surface area contributed by atoms with Crippen molar-refractivity contribution in [3.63, 3.8) is 0 Å². The Labute approximate surface area is 557 Å². The minimum absolute atomic E-state index is 0.152. The van der Waals surface area contributed by atoms with Crippen molar-refractivity contribution in [2.75, 3.05) is 95.8 Å². The average molecular weight is 1280 g/mol. The number of amidine groups is 2. The van der Waals surface area contributed by atoms with E-state index >= 15 is 0 Å². The zero-order valence-electron chi connectivity index (χ0n) is 56.7. The summed E-state index contributed by atoms with van der Waals surface area (Å²) >= 11 is 17.4. The van der Waals surface area contributed by atoms with E-state index in [-0.39, 0.29) is 16.2 Å². The van der Waals surface area contributed by atoms with Crippen LogP contribution >= 0.6 is 36.7 Å². The molecule has 0 spiro atoms. The largest absolute Gasteiger partial charge is 0.388 e. The Morgan fingerprint density at radius 3 is 1.10 bits per heavy atom. The highest BCUT2D eigenvalue weighted by Crippen LogP contribution is 2.60. The van der Waals surface area contributed by atoms with Crippen LogP contribution in [0.15, 0.2) is 101 Å². The van der Waals surface area contributed by atoms with Gasteiger partial charge >= 0.3 is 0 Å². The van der Waals surface area contributed by atoms with Gasteiger partial charge in [-0.05, 0) is 178 Å². The van der Waals surface area contributed by atoms with E-state index in [1.54, 1.807) is 14.2 Å². The lowest BCUT2D eigenvalue weighted by molar-refractivity contribution is -0.270. The Balaban J connectivity index is 0.000000124. The van der Waals surface area contributed by atoms with Crippen molar-refractivity contribution in [1.82, 2.24) is 43.1 Å². The molecule has 0 unspecified atom stereocenters. The van der Waals surface area contributed by atoms with Gasteiger partial charge in [-0.25, -0.2) is 9.98 Å². The molecular weight excluding hydrogens is 1190 g/mol. The molecule has 0 aliphatic carbocycles. The highest BCUT2D eigenvalue weighted by atomic mass is 32.1. The third-order valence-electron chi connectivity index (χ3n) is 22.8. The first kappa shape index (κ1) is 65.3. The second-order valence-corrected chi connectivity index (χ2v) is 28.9. The van der Waals surface area contributed by atoms with Gasteiger partial charge in [-0.1, -0.05) is 112 Å². The molecule has 3 fully saturated rings. The second-order valence-electron chi connectivity index (χ2n) is 27.7. The van der Waals surface area contributed by atoms with Crippen LogP contribution in [0.4, 0.5) is 0 Å². The molecule has 17 heteroatoms. The standard InChI is InChI=1S/2C24H30N4S.C20H23N3S.C6H15NO2/c2*1-5-24-12-8-13-27-14-11-18-17-9-6-7-10-19(17)28(21(18)22(24)27)20(15-24)23(29)25-16(2)26(3)4;1-2-20-9-5-10-22-11-8-14-13-6-3-4-7-15(13)23(17(14)18(20)22)16(12-20)19(21)24;1-6(8-4,9-5)7(2)3/h2*6-7,9-10,15,22H,5,8,11-14H2,1-4H3;3-4,6-7,12,18H,2,5,8-11H2,1H3,(H2,21,24);1-5H3/t2*22-,24+;18-,20+;/m111./s1. The number of ether oxygens (including phenoxy) is 2. The zero-order chi connectivity index (χ0) is 64.6. The van der Waals surface area contributed by atoms with E-state index in [0.717, 1.165) is 67.3 Å². The van der Waals surface area contributed by atoms with Crippen molar-refractivity contribution in [1.29, 1.82) is 0 Å². The maximum Gasteiger partial charge on any atom is 0.225 e. The molecule has 9 aliphatic heterocycles. The molecular formula is C74H98N12O2S3. The Bertz CT molecular complexity index is 3830. The van der Waals surface area contributed by atoms with Gasteiger partial charge in [0, 0.05) is 118 Å². The van der Waals surface area contributed by atoms with Crippen molar-refractivity contribution in [3.05, 3.63) is 125 Å². The minimum Gasteiger partial charge on any atom is -0.388 e. The Hall–Kier alpha value is -5.73. The molecule has 0 amide bonds. The molecule has 6 aromatic rings.